The molecule has 1 aromatic rings. The summed E-state index contributed by atoms with van der Waals surface area (Å²) in [6.45, 7) is 12.0. The van der Waals surface area contributed by atoms with Gasteiger partial charge in [-0.1, -0.05) is 26.8 Å². The van der Waals surface area contributed by atoms with E-state index < -0.39 is 23.1 Å². The molecule has 1 aliphatic rings. The molecular weight excluding hydrogens is 330 g/mol. The van der Waals surface area contributed by atoms with Crippen LogP contribution in [0.1, 0.15) is 27.2 Å². The Balaban J connectivity index is 2.64. The average Bonchev–Trinajstić information content (AvgIpc) is 2.34. The van der Waals surface area contributed by atoms with Crippen molar-refractivity contribution in [1.29, 1.82) is 0 Å². The van der Waals surface area contributed by atoms with Crippen molar-refractivity contribution in [1.82, 2.24) is 4.31 Å². The predicted molar refractivity (Wildman–Crippen MR) is 95.3 cm³/mol. The van der Waals surface area contributed by atoms with Gasteiger partial charge in [-0.05, 0) is 30.6 Å². The van der Waals surface area contributed by atoms with E-state index in [1.54, 1.807) is 12.1 Å². The van der Waals surface area contributed by atoms with Crippen molar-refractivity contribution in [3.63, 3.8) is 0 Å². The van der Waals surface area contributed by atoms with Crippen LogP contribution in [0.15, 0.2) is 33.2 Å². The predicted octanol–water partition coefficient (Wildman–Crippen LogP) is 4.05. The second-order valence-corrected chi connectivity index (χ2v) is 14.8. The average molecular weight is 356 g/mol. The van der Waals surface area contributed by atoms with Gasteiger partial charge in [0.25, 0.3) is 5.69 Å². The maximum Gasteiger partial charge on any atom is 0.270 e. The third-order valence-electron chi connectivity index (χ3n) is 4.69. The second kappa shape index (κ2) is 5.99. The quantitative estimate of drug-likeness (QED) is 0.464. The Morgan fingerprint density at radius 1 is 1.30 bits per heavy atom. The van der Waals surface area contributed by atoms with Gasteiger partial charge in [0.2, 0.25) is 0 Å². The first-order chi connectivity index (χ1) is 10.5. The van der Waals surface area contributed by atoms with Crippen LogP contribution in [0.25, 0.3) is 0 Å². The highest BCUT2D eigenvalue weighted by Crippen LogP contribution is 2.39. The van der Waals surface area contributed by atoms with Gasteiger partial charge >= 0.3 is 0 Å². The lowest BCUT2D eigenvalue weighted by atomic mass is 10.2. The number of nitrogens with zero attached hydrogens (tertiary/aromatic N) is 3. The molecule has 0 aromatic heterocycles. The van der Waals surface area contributed by atoms with Crippen LogP contribution in [0.4, 0.5) is 5.69 Å². The summed E-state index contributed by atoms with van der Waals surface area (Å²) < 4.78 is 20.5. The van der Waals surface area contributed by atoms with Gasteiger partial charge in [-0.3, -0.25) is 14.1 Å². The molecule has 0 spiro atoms. The van der Waals surface area contributed by atoms with E-state index in [1.807, 2.05) is 4.31 Å². The standard InChI is InChI=1S/C15H25N3O3SSi/c1-15(2,3)23(4,5)16-22(21,17-10-7-11-17)14-9-6-8-13(12-14)18(19)20/h6,8-9,12H,7,10-11H2,1-5H3. The molecule has 1 heterocycles. The van der Waals surface area contributed by atoms with Crippen molar-refractivity contribution < 1.29 is 9.13 Å². The number of hydrogen-bond donors (Lipinski definition) is 0. The van der Waals surface area contributed by atoms with Gasteiger partial charge in [0.05, 0.1) is 9.82 Å². The maximum atomic E-state index is 13.8. The summed E-state index contributed by atoms with van der Waals surface area (Å²) >= 11 is 0. The van der Waals surface area contributed by atoms with E-state index in [0.717, 1.165) is 19.5 Å². The largest absolute Gasteiger partial charge is 0.270 e. The summed E-state index contributed by atoms with van der Waals surface area (Å²) in [5.74, 6) is 0. The molecule has 1 atom stereocenters. The molecule has 8 heteroatoms. The second-order valence-electron chi connectivity index (χ2n) is 7.43. The molecule has 2 rings (SSSR count). The van der Waals surface area contributed by atoms with Crippen LogP contribution in [0.3, 0.4) is 0 Å². The fraction of sp³-hybridized carbons (Fsp3) is 0.600. The fourth-order valence-electron chi connectivity index (χ4n) is 2.00. The van der Waals surface area contributed by atoms with E-state index in [9.17, 15) is 14.3 Å². The van der Waals surface area contributed by atoms with Crippen LogP contribution in [0.5, 0.6) is 0 Å². The highest BCUT2D eigenvalue weighted by atomic mass is 32.2. The molecule has 0 radical (unpaired) electrons. The van der Waals surface area contributed by atoms with Crippen LogP contribution in [-0.2, 0) is 9.92 Å². The summed E-state index contributed by atoms with van der Waals surface area (Å²) in [4.78, 5) is 11.1. The monoisotopic (exact) mass is 355 g/mol. The third-order valence-corrected chi connectivity index (χ3v) is 13.1. The third kappa shape index (κ3) is 3.48. The lowest BCUT2D eigenvalue weighted by molar-refractivity contribution is -0.385. The molecule has 0 bridgehead atoms. The van der Waals surface area contributed by atoms with E-state index in [0.29, 0.717) is 4.90 Å². The number of nitro groups is 1. The van der Waals surface area contributed by atoms with Gasteiger partial charge in [-0.2, -0.15) is 0 Å². The molecule has 6 nitrogen and oxygen atoms in total. The van der Waals surface area contributed by atoms with Crippen LogP contribution in [0.2, 0.25) is 18.1 Å². The highest BCUT2D eigenvalue weighted by Gasteiger charge is 2.40. The van der Waals surface area contributed by atoms with Crippen molar-refractivity contribution in [2.75, 3.05) is 13.1 Å². The van der Waals surface area contributed by atoms with E-state index >= 15 is 0 Å². The molecule has 1 fully saturated rings. The molecule has 1 unspecified atom stereocenters. The number of benzene rings is 1. The Bertz CT molecular complexity index is 730. The number of rotatable bonds is 4. The van der Waals surface area contributed by atoms with Crippen LogP contribution in [-0.4, -0.2) is 34.8 Å². The van der Waals surface area contributed by atoms with Crippen molar-refractivity contribution in [2.24, 2.45) is 4.03 Å². The molecule has 1 aromatic carbocycles. The Labute approximate surface area is 139 Å². The SMILES string of the molecule is CC(C)(C)[Si](C)(C)N=S(=O)(c1cccc([N+](=O)[O-])c1)N1CCC1. The minimum atomic E-state index is -2.79. The van der Waals surface area contributed by atoms with Gasteiger partial charge in [0.1, 0.15) is 9.92 Å². The highest BCUT2D eigenvalue weighted by molar-refractivity contribution is 7.92. The molecular formula is C15H25N3O3SSi. The van der Waals surface area contributed by atoms with Crippen LogP contribution in [0, 0.1) is 10.1 Å². The lowest BCUT2D eigenvalue weighted by Crippen LogP contribution is -2.45. The smallest absolute Gasteiger partial charge is 0.261 e. The first-order valence-electron chi connectivity index (χ1n) is 7.75. The number of non-ortho nitro benzene ring substituents is 1. The summed E-state index contributed by atoms with van der Waals surface area (Å²) in [5, 5.41) is 11.0. The van der Waals surface area contributed by atoms with Crippen molar-refractivity contribution in [3.05, 3.63) is 34.4 Å². The van der Waals surface area contributed by atoms with Crippen LogP contribution < -0.4 is 0 Å². The minimum absolute atomic E-state index is 0.0404. The lowest BCUT2D eigenvalue weighted by Gasteiger charge is -2.38. The van der Waals surface area contributed by atoms with E-state index in [-0.39, 0.29) is 10.7 Å². The fourth-order valence-corrected chi connectivity index (χ4v) is 8.04. The number of nitro benzene ring substituents is 1. The topological polar surface area (TPSA) is 75.8 Å². The Hall–Kier alpha value is -1.25. The zero-order valence-electron chi connectivity index (χ0n) is 14.4. The molecule has 0 amide bonds. The normalized spacial score (nSPS) is 18.8. The van der Waals surface area contributed by atoms with Gasteiger partial charge in [-0.15, -0.1) is 0 Å². The first kappa shape index (κ1) is 18.1. The van der Waals surface area contributed by atoms with Gasteiger partial charge in [0.15, 0.2) is 8.24 Å². The molecule has 23 heavy (non-hydrogen) atoms. The Morgan fingerprint density at radius 2 is 1.91 bits per heavy atom. The van der Waals surface area contributed by atoms with Gasteiger partial charge in [0, 0.05) is 25.2 Å². The summed E-state index contributed by atoms with van der Waals surface area (Å²) in [6, 6.07) is 6.13. The molecule has 0 N–H and O–H groups in total. The minimum Gasteiger partial charge on any atom is -0.261 e. The molecule has 128 valence electrons. The summed E-state index contributed by atoms with van der Waals surface area (Å²) in [7, 11) is -4.97. The molecule has 0 aliphatic carbocycles. The van der Waals surface area contributed by atoms with Crippen LogP contribution >= 0.6 is 0 Å². The van der Waals surface area contributed by atoms with E-state index in [2.05, 4.69) is 33.9 Å². The van der Waals surface area contributed by atoms with E-state index in [4.69, 9.17) is 4.03 Å². The molecule has 1 aliphatic heterocycles. The Kier molecular flexibility index (Phi) is 4.71. The van der Waals surface area contributed by atoms with Gasteiger partial charge < -0.3 is 0 Å². The zero-order valence-corrected chi connectivity index (χ0v) is 16.2. The maximum absolute atomic E-state index is 13.8. The summed E-state index contributed by atoms with van der Waals surface area (Å²) in [6.07, 6.45) is 0.985. The van der Waals surface area contributed by atoms with Crippen molar-refractivity contribution in [2.45, 2.75) is 50.2 Å². The first-order valence-corrected chi connectivity index (χ1v) is 12.2. The molecule has 1 saturated heterocycles. The Morgan fingerprint density at radius 3 is 2.35 bits per heavy atom. The number of hydrogen-bond acceptors (Lipinski definition) is 4. The van der Waals surface area contributed by atoms with E-state index in [1.165, 1.54) is 12.1 Å². The van der Waals surface area contributed by atoms with Crippen molar-refractivity contribution in [3.8, 4) is 0 Å². The van der Waals surface area contributed by atoms with Crippen molar-refractivity contribution >= 4 is 23.8 Å². The summed E-state index contributed by atoms with van der Waals surface area (Å²) in [5.41, 5.74) is -0.0406. The zero-order chi connectivity index (χ0) is 17.5. The molecule has 0 saturated carbocycles. The van der Waals surface area contributed by atoms with Gasteiger partial charge in [-0.25, -0.2) is 8.51 Å².